The Morgan fingerprint density at radius 3 is 1.38 bits per heavy atom. The lowest BCUT2D eigenvalue weighted by atomic mass is 10.1. The van der Waals surface area contributed by atoms with E-state index in [1.807, 2.05) is 0 Å². The fourth-order valence-electron chi connectivity index (χ4n) is 0.469. The fourth-order valence-corrected chi connectivity index (χ4v) is 0.469. The highest BCUT2D eigenvalue weighted by Crippen LogP contribution is 2.00. The maximum atomic E-state index is 10.3. The zero-order chi connectivity index (χ0) is 6.57. The van der Waals surface area contributed by atoms with Crippen molar-refractivity contribution in [2.24, 2.45) is 0 Å². The molecule has 0 saturated carbocycles. The van der Waals surface area contributed by atoms with Gasteiger partial charge in [-0.15, -0.1) is 0 Å². The molecule has 0 aliphatic rings. The molecule has 0 spiro atoms. The molecule has 2 radical (unpaired) electrons. The lowest BCUT2D eigenvalue weighted by Crippen LogP contribution is -2.03. The van der Waals surface area contributed by atoms with Gasteiger partial charge in [-0.05, 0) is 26.7 Å². The second-order valence-corrected chi connectivity index (χ2v) is 2.20. The Bertz CT molecular complexity index is 42.5. The van der Waals surface area contributed by atoms with Crippen molar-refractivity contribution in [1.82, 2.24) is 0 Å². The van der Waals surface area contributed by atoms with Gasteiger partial charge in [0, 0.05) is 0 Å². The largest absolute Gasteiger partial charge is 0.233 e. The molecule has 0 aromatic rings. The van der Waals surface area contributed by atoms with Gasteiger partial charge in [-0.2, -0.15) is 0 Å². The molecule has 2 unspecified atom stereocenters. The molecule has 8 heavy (non-hydrogen) atoms. The maximum absolute atomic E-state index is 10.3. The van der Waals surface area contributed by atoms with Crippen LogP contribution in [0.15, 0.2) is 0 Å². The number of hydrogen-bond donors (Lipinski definition) is 0. The molecule has 0 bridgehead atoms. The Hall–Kier alpha value is -0.0800. The van der Waals surface area contributed by atoms with Gasteiger partial charge < -0.3 is 0 Å². The molecule has 2 atom stereocenters. The summed E-state index contributed by atoms with van der Waals surface area (Å²) in [4.78, 5) is 0. The van der Waals surface area contributed by atoms with Gasteiger partial charge in [0.05, 0.1) is 12.2 Å². The molecule has 0 fully saturated rings. The molecule has 0 heterocycles. The fraction of sp³-hybridized carbons (Fsp3) is 1.00. The first-order valence-corrected chi connectivity index (χ1v) is 2.94. The van der Waals surface area contributed by atoms with E-state index in [2.05, 4.69) is 0 Å². The van der Waals surface area contributed by atoms with Crippen LogP contribution in [-0.2, 0) is 10.2 Å². The van der Waals surface area contributed by atoms with E-state index in [0.29, 0.717) is 12.8 Å². The van der Waals surface area contributed by atoms with E-state index in [4.69, 9.17) is 0 Å². The SMILES string of the molecule is CC([O])CCC(C)[O]. The second kappa shape index (κ2) is 3.87. The first-order valence-electron chi connectivity index (χ1n) is 2.94. The number of hydrogen-bond acceptors (Lipinski definition) is 0. The maximum Gasteiger partial charge on any atom is 0.0903 e. The molecule has 2 heteroatoms. The second-order valence-electron chi connectivity index (χ2n) is 2.20. The Balaban J connectivity index is 2.93. The van der Waals surface area contributed by atoms with Crippen LogP contribution >= 0.6 is 0 Å². The monoisotopic (exact) mass is 116 g/mol. The van der Waals surface area contributed by atoms with Crippen molar-refractivity contribution < 1.29 is 10.2 Å². The van der Waals surface area contributed by atoms with Crippen molar-refractivity contribution in [3.05, 3.63) is 0 Å². The minimum atomic E-state index is -0.564. The standard InChI is InChI=1S/C6H12O2/c1-5(7)3-4-6(2)8/h5-6H,3-4H2,1-2H3. The van der Waals surface area contributed by atoms with Gasteiger partial charge in [0.2, 0.25) is 0 Å². The summed E-state index contributed by atoms with van der Waals surface area (Å²) >= 11 is 0. The summed E-state index contributed by atoms with van der Waals surface area (Å²) in [6.07, 6.45) is -0.0900. The summed E-state index contributed by atoms with van der Waals surface area (Å²) in [6, 6.07) is 0. The lowest BCUT2D eigenvalue weighted by molar-refractivity contribution is 0.0538. The summed E-state index contributed by atoms with van der Waals surface area (Å²) < 4.78 is 0. The minimum Gasteiger partial charge on any atom is -0.233 e. The summed E-state index contributed by atoms with van der Waals surface area (Å²) in [7, 11) is 0. The molecule has 0 aliphatic heterocycles. The van der Waals surface area contributed by atoms with Crippen LogP contribution in [0.3, 0.4) is 0 Å². The Morgan fingerprint density at radius 1 is 1.00 bits per heavy atom. The van der Waals surface area contributed by atoms with E-state index in [-0.39, 0.29) is 0 Å². The molecule has 48 valence electrons. The van der Waals surface area contributed by atoms with E-state index in [9.17, 15) is 10.2 Å². The van der Waals surface area contributed by atoms with Gasteiger partial charge in [-0.1, -0.05) is 0 Å². The van der Waals surface area contributed by atoms with Crippen LogP contribution in [-0.4, -0.2) is 12.2 Å². The molecular weight excluding hydrogens is 104 g/mol. The first-order chi connectivity index (χ1) is 3.63. The van der Waals surface area contributed by atoms with Crippen molar-refractivity contribution >= 4 is 0 Å². The van der Waals surface area contributed by atoms with Crippen molar-refractivity contribution in [3.8, 4) is 0 Å². The van der Waals surface area contributed by atoms with Gasteiger partial charge in [0.25, 0.3) is 0 Å². The van der Waals surface area contributed by atoms with Crippen LogP contribution < -0.4 is 0 Å². The van der Waals surface area contributed by atoms with Gasteiger partial charge in [0.15, 0.2) is 0 Å². The zero-order valence-electron chi connectivity index (χ0n) is 5.39. The van der Waals surface area contributed by atoms with Crippen LogP contribution in [0.25, 0.3) is 0 Å². The molecule has 0 aromatic carbocycles. The third kappa shape index (κ3) is 5.92. The molecule has 0 aromatic heterocycles. The van der Waals surface area contributed by atoms with Gasteiger partial charge in [-0.3, -0.25) is 0 Å². The van der Waals surface area contributed by atoms with Crippen molar-refractivity contribution in [2.75, 3.05) is 0 Å². The molecule has 0 N–H and O–H groups in total. The molecule has 0 aliphatic carbocycles. The molecular formula is C6H12O2. The predicted molar refractivity (Wildman–Crippen MR) is 29.5 cm³/mol. The summed E-state index contributed by atoms with van der Waals surface area (Å²) in [5, 5.41) is 20.6. The van der Waals surface area contributed by atoms with Crippen LogP contribution in [0.1, 0.15) is 26.7 Å². The van der Waals surface area contributed by atoms with E-state index < -0.39 is 12.2 Å². The summed E-state index contributed by atoms with van der Waals surface area (Å²) in [5.74, 6) is 0. The molecule has 0 amide bonds. The van der Waals surface area contributed by atoms with E-state index in [1.54, 1.807) is 13.8 Å². The zero-order valence-corrected chi connectivity index (χ0v) is 5.39. The Labute approximate surface area is 50.2 Å². The van der Waals surface area contributed by atoms with E-state index in [0.717, 1.165) is 0 Å². The Morgan fingerprint density at radius 2 is 1.25 bits per heavy atom. The quantitative estimate of drug-likeness (QED) is 0.534. The Kier molecular flexibility index (Phi) is 3.83. The first kappa shape index (κ1) is 7.92. The van der Waals surface area contributed by atoms with Crippen LogP contribution in [0.5, 0.6) is 0 Å². The van der Waals surface area contributed by atoms with Gasteiger partial charge in [-0.25, -0.2) is 10.2 Å². The molecule has 0 rings (SSSR count). The van der Waals surface area contributed by atoms with Crippen molar-refractivity contribution in [1.29, 1.82) is 0 Å². The van der Waals surface area contributed by atoms with E-state index in [1.165, 1.54) is 0 Å². The lowest BCUT2D eigenvalue weighted by Gasteiger charge is -2.00. The van der Waals surface area contributed by atoms with Crippen molar-refractivity contribution in [3.63, 3.8) is 0 Å². The highest BCUT2D eigenvalue weighted by molar-refractivity contribution is 4.50. The van der Waals surface area contributed by atoms with Gasteiger partial charge in [0.1, 0.15) is 0 Å². The average Bonchev–Trinajstić information content (AvgIpc) is 1.61. The topological polar surface area (TPSA) is 39.8 Å². The predicted octanol–water partition coefficient (Wildman–Crippen LogP) is 1.40. The summed E-state index contributed by atoms with van der Waals surface area (Å²) in [5.41, 5.74) is 0. The van der Waals surface area contributed by atoms with Gasteiger partial charge >= 0.3 is 0 Å². The van der Waals surface area contributed by atoms with Crippen molar-refractivity contribution in [2.45, 2.75) is 38.9 Å². The normalized spacial score (nSPS) is 18.0. The molecule has 2 nitrogen and oxygen atoms in total. The van der Waals surface area contributed by atoms with Crippen LogP contribution in [0, 0.1) is 0 Å². The van der Waals surface area contributed by atoms with Crippen LogP contribution in [0.4, 0.5) is 0 Å². The molecule has 0 saturated heterocycles. The third-order valence-electron chi connectivity index (χ3n) is 0.980. The minimum absolute atomic E-state index is 0.519. The highest BCUT2D eigenvalue weighted by atomic mass is 16.3. The van der Waals surface area contributed by atoms with E-state index >= 15 is 0 Å². The highest BCUT2D eigenvalue weighted by Gasteiger charge is 2.01. The third-order valence-corrected chi connectivity index (χ3v) is 0.980. The average molecular weight is 116 g/mol. The van der Waals surface area contributed by atoms with Crippen LogP contribution in [0.2, 0.25) is 0 Å². The summed E-state index contributed by atoms with van der Waals surface area (Å²) in [6.45, 7) is 3.17. The smallest absolute Gasteiger partial charge is 0.0903 e. The number of rotatable bonds is 3.